The van der Waals surface area contributed by atoms with Gasteiger partial charge < -0.3 is 10.6 Å². The van der Waals surface area contributed by atoms with E-state index < -0.39 is 11.7 Å². The largest absolute Gasteiger partial charge is 0.369 e. The van der Waals surface area contributed by atoms with E-state index in [0.717, 1.165) is 19.2 Å². The molecule has 2 aromatic rings. The summed E-state index contributed by atoms with van der Waals surface area (Å²) in [5, 5.41) is 5.83. The van der Waals surface area contributed by atoms with Crippen LogP contribution in [0.4, 0.5) is 15.9 Å². The summed E-state index contributed by atoms with van der Waals surface area (Å²) in [5.41, 5.74) is 0.303. The molecule has 7 heteroatoms. The van der Waals surface area contributed by atoms with Crippen molar-refractivity contribution >= 4 is 29.0 Å². The highest BCUT2D eigenvalue weighted by Crippen LogP contribution is 2.21. The lowest BCUT2D eigenvalue weighted by Gasteiger charge is -2.09. The number of hydrogen-bond donors (Lipinski definition) is 2. The van der Waals surface area contributed by atoms with E-state index in [2.05, 4.69) is 20.6 Å². The van der Waals surface area contributed by atoms with Crippen LogP contribution in [0.25, 0.3) is 0 Å². The second-order valence-corrected chi connectivity index (χ2v) is 4.70. The zero-order valence-electron chi connectivity index (χ0n) is 11.4. The van der Waals surface area contributed by atoms with Gasteiger partial charge in [0, 0.05) is 18.9 Å². The maximum absolute atomic E-state index is 13.4. The van der Waals surface area contributed by atoms with E-state index in [-0.39, 0.29) is 11.3 Å². The van der Waals surface area contributed by atoms with E-state index in [9.17, 15) is 9.18 Å². The molecule has 0 spiro atoms. The second-order valence-electron chi connectivity index (χ2n) is 4.29. The minimum atomic E-state index is -0.605. The Balaban J connectivity index is 2.13. The highest BCUT2D eigenvalue weighted by molar-refractivity contribution is 6.33. The number of nitrogens with one attached hydrogen (secondary N) is 2. The maximum Gasteiger partial charge on any atom is 0.257 e. The molecule has 0 saturated carbocycles. The Labute approximate surface area is 126 Å². The fraction of sp³-hybridized carbons (Fsp3) is 0.214. The normalized spacial score (nSPS) is 10.2. The molecule has 0 aromatic carbocycles. The smallest absolute Gasteiger partial charge is 0.257 e. The number of pyridine rings is 2. The van der Waals surface area contributed by atoms with Crippen LogP contribution in [-0.4, -0.2) is 22.4 Å². The fourth-order valence-electron chi connectivity index (χ4n) is 1.61. The van der Waals surface area contributed by atoms with Crippen molar-refractivity contribution in [2.75, 3.05) is 17.2 Å². The average Bonchev–Trinajstić information content (AvgIpc) is 2.48. The fourth-order valence-corrected chi connectivity index (χ4v) is 1.84. The molecule has 21 heavy (non-hydrogen) atoms. The summed E-state index contributed by atoms with van der Waals surface area (Å²) in [4.78, 5) is 19.7. The van der Waals surface area contributed by atoms with Crippen LogP contribution in [0.15, 0.2) is 30.7 Å². The van der Waals surface area contributed by atoms with Crippen molar-refractivity contribution in [2.45, 2.75) is 13.3 Å². The number of rotatable bonds is 5. The van der Waals surface area contributed by atoms with E-state index in [1.165, 1.54) is 24.5 Å². The van der Waals surface area contributed by atoms with E-state index in [1.54, 1.807) is 0 Å². The molecule has 110 valence electrons. The third kappa shape index (κ3) is 3.88. The van der Waals surface area contributed by atoms with Crippen molar-refractivity contribution in [2.24, 2.45) is 0 Å². The van der Waals surface area contributed by atoms with Gasteiger partial charge in [-0.15, -0.1) is 0 Å². The molecule has 0 aliphatic carbocycles. The van der Waals surface area contributed by atoms with Crippen LogP contribution in [0.3, 0.4) is 0 Å². The topological polar surface area (TPSA) is 66.9 Å². The number of carbonyl (C=O) groups excluding carboxylic acids is 1. The van der Waals surface area contributed by atoms with Crippen LogP contribution in [0.1, 0.15) is 23.7 Å². The van der Waals surface area contributed by atoms with Gasteiger partial charge in [0.2, 0.25) is 0 Å². The second kappa shape index (κ2) is 6.99. The van der Waals surface area contributed by atoms with E-state index in [0.29, 0.717) is 10.8 Å². The molecule has 2 N–H and O–H groups in total. The summed E-state index contributed by atoms with van der Waals surface area (Å²) < 4.78 is 13.4. The molecule has 2 aromatic heterocycles. The molecule has 0 radical (unpaired) electrons. The van der Waals surface area contributed by atoms with Crippen LogP contribution in [0, 0.1) is 5.82 Å². The van der Waals surface area contributed by atoms with Gasteiger partial charge in [0.15, 0.2) is 5.82 Å². The van der Waals surface area contributed by atoms with Gasteiger partial charge in [-0.2, -0.15) is 0 Å². The Morgan fingerprint density at radius 3 is 2.90 bits per heavy atom. The van der Waals surface area contributed by atoms with Gasteiger partial charge in [0.05, 0.1) is 22.5 Å². The molecule has 0 fully saturated rings. The number of carbonyl (C=O) groups is 1. The van der Waals surface area contributed by atoms with Crippen LogP contribution in [0.2, 0.25) is 5.02 Å². The molecule has 1 amide bonds. The highest BCUT2D eigenvalue weighted by Gasteiger charge is 2.12. The van der Waals surface area contributed by atoms with Gasteiger partial charge in [-0.1, -0.05) is 18.5 Å². The van der Waals surface area contributed by atoms with Gasteiger partial charge in [0.25, 0.3) is 5.91 Å². The standard InChI is InChI=1S/C14H14ClFN4O/c1-2-4-18-13-10(15)6-9(7-19-13)14(21)20-12-3-5-17-8-11(12)16/h3,5-8H,2,4H2,1H3,(H,18,19)(H,17,20,21). The minimum absolute atomic E-state index is 0.0549. The monoisotopic (exact) mass is 308 g/mol. The third-order valence-corrected chi connectivity index (χ3v) is 2.95. The van der Waals surface area contributed by atoms with E-state index in [1.807, 2.05) is 6.92 Å². The first-order chi connectivity index (χ1) is 10.1. The van der Waals surface area contributed by atoms with Crippen molar-refractivity contribution in [1.82, 2.24) is 9.97 Å². The lowest BCUT2D eigenvalue weighted by Crippen LogP contribution is -2.14. The maximum atomic E-state index is 13.4. The molecular formula is C14H14ClFN4O. The van der Waals surface area contributed by atoms with E-state index >= 15 is 0 Å². The number of hydrogen-bond acceptors (Lipinski definition) is 4. The summed E-state index contributed by atoms with van der Waals surface area (Å²) in [6.45, 7) is 2.76. The zero-order chi connectivity index (χ0) is 15.2. The minimum Gasteiger partial charge on any atom is -0.369 e. The molecule has 0 atom stereocenters. The predicted octanol–water partition coefficient (Wildman–Crippen LogP) is 3.34. The number of amides is 1. The first-order valence-corrected chi connectivity index (χ1v) is 6.80. The van der Waals surface area contributed by atoms with Gasteiger partial charge in [-0.3, -0.25) is 9.78 Å². The molecule has 2 heterocycles. The summed E-state index contributed by atoms with van der Waals surface area (Å²) >= 11 is 6.05. The molecule has 0 aliphatic heterocycles. The van der Waals surface area contributed by atoms with Crippen LogP contribution in [-0.2, 0) is 0 Å². The lowest BCUT2D eigenvalue weighted by atomic mass is 10.2. The van der Waals surface area contributed by atoms with Gasteiger partial charge >= 0.3 is 0 Å². The quantitative estimate of drug-likeness (QED) is 0.889. The molecule has 0 unspecified atom stereocenters. The number of aromatic nitrogens is 2. The molecule has 0 bridgehead atoms. The Morgan fingerprint density at radius 2 is 2.24 bits per heavy atom. The van der Waals surface area contributed by atoms with Crippen LogP contribution in [0.5, 0.6) is 0 Å². The van der Waals surface area contributed by atoms with Crippen molar-refractivity contribution in [3.05, 3.63) is 47.1 Å². The summed E-state index contributed by atoms with van der Waals surface area (Å²) in [6.07, 6.45) is 4.74. The number of halogens is 2. The van der Waals surface area contributed by atoms with Crippen LogP contribution < -0.4 is 10.6 Å². The predicted molar refractivity (Wildman–Crippen MR) is 80.2 cm³/mol. The van der Waals surface area contributed by atoms with Crippen LogP contribution >= 0.6 is 11.6 Å². The Morgan fingerprint density at radius 1 is 1.43 bits per heavy atom. The summed E-state index contributed by atoms with van der Waals surface area (Å²) in [7, 11) is 0. The molecule has 5 nitrogen and oxygen atoms in total. The van der Waals surface area contributed by atoms with Gasteiger partial charge in [-0.05, 0) is 18.6 Å². The van der Waals surface area contributed by atoms with E-state index in [4.69, 9.17) is 11.6 Å². The molecular weight excluding hydrogens is 295 g/mol. The van der Waals surface area contributed by atoms with Crippen molar-refractivity contribution in [3.8, 4) is 0 Å². The van der Waals surface area contributed by atoms with Crippen molar-refractivity contribution < 1.29 is 9.18 Å². The summed E-state index contributed by atoms with van der Waals surface area (Å²) in [6, 6.07) is 2.86. The lowest BCUT2D eigenvalue weighted by molar-refractivity contribution is 0.102. The Kier molecular flexibility index (Phi) is 5.05. The van der Waals surface area contributed by atoms with Gasteiger partial charge in [-0.25, -0.2) is 9.37 Å². The molecule has 2 rings (SSSR count). The first kappa shape index (κ1) is 15.2. The third-order valence-electron chi connectivity index (χ3n) is 2.67. The first-order valence-electron chi connectivity index (χ1n) is 6.42. The Hall–Kier alpha value is -2.21. The molecule has 0 saturated heterocycles. The number of anilines is 2. The zero-order valence-corrected chi connectivity index (χ0v) is 12.1. The Bertz CT molecular complexity index is 651. The number of nitrogens with zero attached hydrogens (tertiary/aromatic N) is 2. The van der Waals surface area contributed by atoms with Gasteiger partial charge in [0.1, 0.15) is 5.82 Å². The highest BCUT2D eigenvalue weighted by atomic mass is 35.5. The van der Waals surface area contributed by atoms with Crippen molar-refractivity contribution in [1.29, 1.82) is 0 Å². The summed E-state index contributed by atoms with van der Waals surface area (Å²) in [5.74, 6) is -0.576. The van der Waals surface area contributed by atoms with Crippen molar-refractivity contribution in [3.63, 3.8) is 0 Å². The molecule has 0 aliphatic rings. The SMILES string of the molecule is CCCNc1ncc(C(=O)Nc2ccncc2F)cc1Cl. The average molecular weight is 309 g/mol.